The normalized spacial score (nSPS) is 18.8. The van der Waals surface area contributed by atoms with Gasteiger partial charge in [0, 0.05) is 26.1 Å². The zero-order valence-corrected chi connectivity index (χ0v) is 14.5. The molecule has 1 heterocycles. The molecule has 23 heavy (non-hydrogen) atoms. The van der Waals surface area contributed by atoms with Crippen LogP contribution in [0.2, 0.25) is 0 Å². The molecule has 7 heteroatoms. The average molecular weight is 339 g/mol. The lowest BCUT2D eigenvalue weighted by atomic mass is 9.88. The van der Waals surface area contributed by atoms with Crippen molar-refractivity contribution in [2.24, 2.45) is 0 Å². The molecule has 0 aromatic rings. The minimum Gasteiger partial charge on any atom is -0.444 e. The van der Waals surface area contributed by atoms with Crippen LogP contribution >= 0.6 is 0 Å². The third-order valence-electron chi connectivity index (χ3n) is 3.98. The molecule has 1 amide bonds. The number of carbonyl (C=O) groups is 1. The van der Waals surface area contributed by atoms with E-state index in [0.29, 0.717) is 25.9 Å². The summed E-state index contributed by atoms with van der Waals surface area (Å²) in [5.74, 6) is 0. The molecule has 1 aliphatic rings. The lowest BCUT2D eigenvalue weighted by molar-refractivity contribution is -0.145. The second-order valence-electron chi connectivity index (χ2n) is 7.07. The Balaban J connectivity index is 2.42. The maximum Gasteiger partial charge on any atom is 0.410 e. The number of nitrogens with zero attached hydrogens (tertiary/aromatic N) is 1. The van der Waals surface area contributed by atoms with Crippen molar-refractivity contribution in [3.05, 3.63) is 0 Å². The molecule has 1 fully saturated rings. The second kappa shape index (κ2) is 7.73. The molecule has 0 bridgehead atoms. The lowest BCUT2D eigenvalue weighted by Gasteiger charge is -2.41. The van der Waals surface area contributed by atoms with Gasteiger partial charge < -0.3 is 14.4 Å². The maximum atomic E-state index is 12.2. The van der Waals surface area contributed by atoms with Crippen molar-refractivity contribution in [3.63, 3.8) is 0 Å². The molecule has 0 aliphatic carbocycles. The summed E-state index contributed by atoms with van der Waals surface area (Å²) in [5.41, 5.74) is -0.964. The topological polar surface area (TPSA) is 38.8 Å². The Labute approximate surface area is 136 Å². The predicted molar refractivity (Wildman–Crippen MR) is 81.3 cm³/mol. The van der Waals surface area contributed by atoms with E-state index in [1.807, 2.05) is 27.7 Å². The van der Waals surface area contributed by atoms with Gasteiger partial charge in [-0.25, -0.2) is 4.79 Å². The van der Waals surface area contributed by atoms with Crippen molar-refractivity contribution in [2.75, 3.05) is 19.7 Å². The molecular formula is C16H28F3NO3. The van der Waals surface area contributed by atoms with E-state index in [1.165, 1.54) is 0 Å². The zero-order chi connectivity index (χ0) is 17.7. The van der Waals surface area contributed by atoms with Gasteiger partial charge in [0.2, 0.25) is 0 Å². The summed E-state index contributed by atoms with van der Waals surface area (Å²) in [6.07, 6.45) is -3.37. The standard InChI is InChI=1S/C16H28F3NO3/c1-5-15(22-12-6-7-16(17,18)19)8-10-20(11-9-15)13(21)23-14(2,3)4/h5-12H2,1-4H3. The highest BCUT2D eigenvalue weighted by atomic mass is 19.4. The van der Waals surface area contributed by atoms with Gasteiger partial charge in [0.15, 0.2) is 0 Å². The number of alkyl halides is 3. The number of amides is 1. The van der Waals surface area contributed by atoms with Crippen LogP contribution in [-0.2, 0) is 9.47 Å². The molecule has 0 atom stereocenters. The van der Waals surface area contributed by atoms with Crippen LogP contribution in [0.4, 0.5) is 18.0 Å². The van der Waals surface area contributed by atoms with E-state index < -0.39 is 23.8 Å². The number of hydrogen-bond donors (Lipinski definition) is 0. The van der Waals surface area contributed by atoms with Gasteiger partial charge in [0.1, 0.15) is 5.60 Å². The number of rotatable bonds is 5. The zero-order valence-electron chi connectivity index (χ0n) is 14.5. The number of hydrogen-bond acceptors (Lipinski definition) is 3. The molecule has 0 aromatic carbocycles. The Hall–Kier alpha value is -0.980. The van der Waals surface area contributed by atoms with Crippen molar-refractivity contribution in [3.8, 4) is 0 Å². The molecule has 1 aliphatic heterocycles. The summed E-state index contributed by atoms with van der Waals surface area (Å²) in [5, 5.41) is 0. The van der Waals surface area contributed by atoms with Gasteiger partial charge in [-0.3, -0.25) is 0 Å². The van der Waals surface area contributed by atoms with Crippen LogP contribution in [0.1, 0.15) is 59.8 Å². The highest BCUT2D eigenvalue weighted by molar-refractivity contribution is 5.68. The molecule has 0 saturated carbocycles. The Morgan fingerprint density at radius 1 is 1.17 bits per heavy atom. The first-order valence-electron chi connectivity index (χ1n) is 8.15. The second-order valence-corrected chi connectivity index (χ2v) is 7.07. The Morgan fingerprint density at radius 2 is 1.74 bits per heavy atom. The summed E-state index contributed by atoms with van der Waals surface area (Å²) < 4.78 is 47.6. The van der Waals surface area contributed by atoms with Crippen LogP contribution in [0.5, 0.6) is 0 Å². The monoisotopic (exact) mass is 339 g/mol. The molecule has 1 saturated heterocycles. The van der Waals surface area contributed by atoms with Gasteiger partial charge in [0.05, 0.1) is 5.60 Å². The molecule has 1 rings (SSSR count). The molecular weight excluding hydrogens is 311 g/mol. The average Bonchev–Trinajstić information content (AvgIpc) is 2.41. The van der Waals surface area contributed by atoms with Crippen molar-refractivity contribution in [1.29, 1.82) is 0 Å². The van der Waals surface area contributed by atoms with Crippen LogP contribution < -0.4 is 0 Å². The van der Waals surface area contributed by atoms with E-state index in [0.717, 1.165) is 6.42 Å². The molecule has 0 unspecified atom stereocenters. The van der Waals surface area contributed by atoms with E-state index in [2.05, 4.69) is 0 Å². The first-order valence-corrected chi connectivity index (χ1v) is 8.15. The van der Waals surface area contributed by atoms with E-state index in [9.17, 15) is 18.0 Å². The highest BCUT2D eigenvalue weighted by Crippen LogP contribution is 2.31. The van der Waals surface area contributed by atoms with Gasteiger partial charge in [-0.15, -0.1) is 0 Å². The lowest BCUT2D eigenvalue weighted by Crippen LogP contribution is -2.49. The fraction of sp³-hybridized carbons (Fsp3) is 0.938. The third kappa shape index (κ3) is 7.42. The molecule has 0 radical (unpaired) electrons. The fourth-order valence-electron chi connectivity index (χ4n) is 2.58. The van der Waals surface area contributed by atoms with Gasteiger partial charge in [-0.05, 0) is 46.5 Å². The Bertz CT molecular complexity index is 383. The number of carbonyl (C=O) groups excluding carboxylic acids is 1. The van der Waals surface area contributed by atoms with Crippen LogP contribution in [0.3, 0.4) is 0 Å². The van der Waals surface area contributed by atoms with Crippen LogP contribution in [0.25, 0.3) is 0 Å². The molecule has 0 spiro atoms. The van der Waals surface area contributed by atoms with Crippen molar-refractivity contribution in [2.45, 2.75) is 77.2 Å². The smallest absolute Gasteiger partial charge is 0.410 e. The van der Waals surface area contributed by atoms with Crippen molar-refractivity contribution < 1.29 is 27.4 Å². The number of ether oxygens (including phenoxy) is 2. The molecule has 136 valence electrons. The largest absolute Gasteiger partial charge is 0.444 e. The number of piperidine rings is 1. The first-order chi connectivity index (χ1) is 10.5. The quantitative estimate of drug-likeness (QED) is 0.691. The first kappa shape index (κ1) is 20.1. The summed E-state index contributed by atoms with van der Waals surface area (Å²) in [4.78, 5) is 13.7. The number of halogens is 3. The van der Waals surface area contributed by atoms with Crippen LogP contribution in [0.15, 0.2) is 0 Å². The summed E-state index contributed by atoms with van der Waals surface area (Å²) >= 11 is 0. The van der Waals surface area contributed by atoms with Gasteiger partial charge in [-0.1, -0.05) is 6.92 Å². The van der Waals surface area contributed by atoms with Crippen LogP contribution in [-0.4, -0.2) is 48.1 Å². The van der Waals surface area contributed by atoms with Gasteiger partial charge in [-0.2, -0.15) is 13.2 Å². The molecule has 0 N–H and O–H groups in total. The van der Waals surface area contributed by atoms with Crippen molar-refractivity contribution >= 4 is 6.09 Å². The van der Waals surface area contributed by atoms with Crippen LogP contribution in [0, 0.1) is 0 Å². The van der Waals surface area contributed by atoms with Gasteiger partial charge in [0.25, 0.3) is 0 Å². The highest BCUT2D eigenvalue weighted by Gasteiger charge is 2.37. The summed E-state index contributed by atoms with van der Waals surface area (Å²) in [6.45, 7) is 8.51. The Kier molecular flexibility index (Phi) is 6.74. The fourth-order valence-corrected chi connectivity index (χ4v) is 2.58. The summed E-state index contributed by atoms with van der Waals surface area (Å²) in [6, 6.07) is 0. The van der Waals surface area contributed by atoms with E-state index in [-0.39, 0.29) is 19.1 Å². The van der Waals surface area contributed by atoms with E-state index >= 15 is 0 Å². The predicted octanol–water partition coefficient (Wildman–Crippen LogP) is 4.53. The van der Waals surface area contributed by atoms with Gasteiger partial charge >= 0.3 is 12.3 Å². The molecule has 0 aromatic heterocycles. The Morgan fingerprint density at radius 3 is 2.17 bits per heavy atom. The number of likely N-dealkylation sites (tertiary alicyclic amines) is 1. The van der Waals surface area contributed by atoms with Crippen molar-refractivity contribution in [1.82, 2.24) is 4.90 Å². The third-order valence-corrected chi connectivity index (χ3v) is 3.98. The van der Waals surface area contributed by atoms with E-state index in [1.54, 1.807) is 4.90 Å². The molecule has 4 nitrogen and oxygen atoms in total. The maximum absolute atomic E-state index is 12.2. The minimum absolute atomic E-state index is 0.0268. The summed E-state index contributed by atoms with van der Waals surface area (Å²) in [7, 11) is 0. The SMILES string of the molecule is CCC1(OCCCC(F)(F)F)CCN(C(=O)OC(C)(C)C)CC1. The minimum atomic E-state index is -4.14. The van der Waals surface area contributed by atoms with E-state index in [4.69, 9.17) is 9.47 Å².